The second-order valence-electron chi connectivity index (χ2n) is 6.50. The molecule has 5 heteroatoms. The molecule has 134 valence electrons. The van der Waals surface area contributed by atoms with Gasteiger partial charge in [0.25, 0.3) is 0 Å². The molecular weight excluding hydrogens is 336 g/mol. The molecule has 3 rings (SSSR count). The second-order valence-corrected chi connectivity index (χ2v) is 6.94. The van der Waals surface area contributed by atoms with Gasteiger partial charge < -0.3 is 20.1 Å². The Morgan fingerprint density at radius 3 is 2.44 bits per heavy atom. The lowest BCUT2D eigenvalue weighted by molar-refractivity contribution is 0.0605. The minimum atomic E-state index is -0.471. The van der Waals surface area contributed by atoms with Gasteiger partial charge in [0, 0.05) is 36.4 Å². The molecule has 2 N–H and O–H groups in total. The summed E-state index contributed by atoms with van der Waals surface area (Å²) < 4.78 is 5.62. The Bertz CT molecular complexity index is 628. The summed E-state index contributed by atoms with van der Waals surface area (Å²) >= 11 is 5.92. The van der Waals surface area contributed by atoms with E-state index in [2.05, 4.69) is 10.2 Å². The number of anilines is 1. The third kappa shape index (κ3) is 5.92. The first-order valence-corrected chi connectivity index (χ1v) is 9.17. The van der Waals surface area contributed by atoms with Crippen molar-refractivity contribution in [2.24, 2.45) is 0 Å². The van der Waals surface area contributed by atoms with Crippen molar-refractivity contribution in [3.8, 4) is 5.75 Å². The topological polar surface area (TPSA) is 44.7 Å². The first kappa shape index (κ1) is 18.1. The van der Waals surface area contributed by atoms with Crippen LogP contribution < -0.4 is 10.1 Å². The zero-order chi connectivity index (χ0) is 17.5. The first-order valence-electron chi connectivity index (χ1n) is 8.79. The molecule has 0 spiro atoms. The molecule has 1 fully saturated rings. The standard InChI is InChI=1S/C20H25ClN2O2/c21-16-6-8-17(9-7-16)22-18-10-12-23(13-11-18)14-19(24)15-25-20-4-2-1-3-5-20/h1-9,18-19,22,24H,10-15H2/t19-/m1/s1. The van der Waals surface area contributed by atoms with E-state index in [4.69, 9.17) is 16.3 Å². The van der Waals surface area contributed by atoms with Gasteiger partial charge in [-0.2, -0.15) is 0 Å². The monoisotopic (exact) mass is 360 g/mol. The fraction of sp³-hybridized carbons (Fsp3) is 0.400. The summed E-state index contributed by atoms with van der Waals surface area (Å²) in [4.78, 5) is 2.30. The van der Waals surface area contributed by atoms with Gasteiger partial charge in [-0.1, -0.05) is 29.8 Å². The lowest BCUT2D eigenvalue weighted by Gasteiger charge is -2.33. The van der Waals surface area contributed by atoms with Crippen LogP contribution >= 0.6 is 11.6 Å². The SMILES string of the molecule is O[C@@H](COc1ccccc1)CN1CCC(Nc2ccc(Cl)cc2)CC1. The molecule has 1 heterocycles. The van der Waals surface area contributed by atoms with E-state index in [1.165, 1.54) is 0 Å². The van der Waals surface area contributed by atoms with Gasteiger partial charge in [0.1, 0.15) is 18.5 Å². The van der Waals surface area contributed by atoms with Crippen LogP contribution in [0.15, 0.2) is 54.6 Å². The summed E-state index contributed by atoms with van der Waals surface area (Å²) in [5.41, 5.74) is 1.11. The second kappa shape index (κ2) is 9.09. The van der Waals surface area contributed by atoms with E-state index in [0.29, 0.717) is 19.2 Å². The van der Waals surface area contributed by atoms with Gasteiger partial charge in [-0.15, -0.1) is 0 Å². The van der Waals surface area contributed by atoms with Crippen molar-refractivity contribution in [2.45, 2.75) is 25.0 Å². The highest BCUT2D eigenvalue weighted by atomic mass is 35.5. The Hall–Kier alpha value is -1.75. The van der Waals surface area contributed by atoms with Crippen LogP contribution in [0.5, 0.6) is 5.75 Å². The van der Waals surface area contributed by atoms with Crippen molar-refractivity contribution in [2.75, 3.05) is 31.6 Å². The predicted octanol–water partition coefficient (Wildman–Crippen LogP) is 3.66. The van der Waals surface area contributed by atoms with Gasteiger partial charge >= 0.3 is 0 Å². The Morgan fingerprint density at radius 1 is 1.08 bits per heavy atom. The van der Waals surface area contributed by atoms with Crippen LogP contribution in [-0.4, -0.2) is 48.4 Å². The summed E-state index contributed by atoms with van der Waals surface area (Å²) in [6.07, 6.45) is 1.66. The van der Waals surface area contributed by atoms with Crippen molar-refractivity contribution < 1.29 is 9.84 Å². The number of hydrogen-bond acceptors (Lipinski definition) is 4. The normalized spacial score (nSPS) is 17.2. The number of rotatable bonds is 7. The molecule has 2 aromatic carbocycles. The van der Waals surface area contributed by atoms with Crippen LogP contribution in [0.3, 0.4) is 0 Å². The van der Waals surface area contributed by atoms with Gasteiger partial charge in [0.2, 0.25) is 0 Å². The quantitative estimate of drug-likeness (QED) is 0.791. The summed E-state index contributed by atoms with van der Waals surface area (Å²) in [5, 5.41) is 14.5. The average molecular weight is 361 g/mol. The maximum absolute atomic E-state index is 10.2. The number of β-amino-alcohol motifs (C(OH)–C–C–N with tert-alkyl or cyclic N) is 1. The Kier molecular flexibility index (Phi) is 6.56. The van der Waals surface area contributed by atoms with Crippen LogP contribution in [0.25, 0.3) is 0 Å². The van der Waals surface area contributed by atoms with Crippen LogP contribution in [0, 0.1) is 0 Å². The molecule has 1 atom stereocenters. The highest BCUT2D eigenvalue weighted by molar-refractivity contribution is 6.30. The Morgan fingerprint density at radius 2 is 1.76 bits per heavy atom. The van der Waals surface area contributed by atoms with Crippen LogP contribution in [0.2, 0.25) is 5.02 Å². The van der Waals surface area contributed by atoms with Gasteiger partial charge in [0.15, 0.2) is 0 Å². The molecule has 0 bridgehead atoms. The molecule has 4 nitrogen and oxygen atoms in total. The van der Waals surface area contributed by atoms with E-state index in [0.717, 1.165) is 42.4 Å². The first-order chi connectivity index (χ1) is 12.2. The molecule has 1 saturated heterocycles. The van der Waals surface area contributed by atoms with Crippen molar-refractivity contribution >= 4 is 17.3 Å². The number of likely N-dealkylation sites (tertiary alicyclic amines) is 1. The van der Waals surface area contributed by atoms with E-state index in [-0.39, 0.29) is 0 Å². The molecular formula is C20H25ClN2O2. The summed E-state index contributed by atoms with van der Waals surface area (Å²) in [6, 6.07) is 17.9. The summed E-state index contributed by atoms with van der Waals surface area (Å²) in [5.74, 6) is 0.799. The predicted molar refractivity (Wildman–Crippen MR) is 102 cm³/mol. The van der Waals surface area contributed by atoms with Crippen molar-refractivity contribution in [3.05, 3.63) is 59.6 Å². The third-order valence-corrected chi connectivity index (χ3v) is 4.71. The number of benzene rings is 2. The number of aliphatic hydroxyl groups is 1. The number of para-hydroxylation sites is 1. The van der Waals surface area contributed by atoms with E-state index in [1.807, 2.05) is 54.6 Å². The molecule has 0 radical (unpaired) electrons. The summed E-state index contributed by atoms with van der Waals surface area (Å²) in [7, 11) is 0. The van der Waals surface area contributed by atoms with Gasteiger partial charge in [-0.25, -0.2) is 0 Å². The van der Waals surface area contributed by atoms with E-state index < -0.39 is 6.10 Å². The lowest BCUT2D eigenvalue weighted by Crippen LogP contribution is -2.43. The highest BCUT2D eigenvalue weighted by Crippen LogP contribution is 2.19. The maximum atomic E-state index is 10.2. The maximum Gasteiger partial charge on any atom is 0.119 e. The molecule has 0 saturated carbocycles. The molecule has 1 aliphatic rings. The van der Waals surface area contributed by atoms with Gasteiger partial charge in [-0.05, 0) is 49.2 Å². The Labute approximate surface area is 154 Å². The Balaban J connectivity index is 1.36. The van der Waals surface area contributed by atoms with Crippen molar-refractivity contribution in [1.29, 1.82) is 0 Å². The molecule has 1 aliphatic heterocycles. The number of aliphatic hydroxyl groups excluding tert-OH is 1. The molecule has 0 aliphatic carbocycles. The zero-order valence-electron chi connectivity index (χ0n) is 14.3. The minimum absolute atomic E-state index is 0.326. The number of halogens is 1. The molecule has 0 aromatic heterocycles. The molecule has 25 heavy (non-hydrogen) atoms. The van der Waals surface area contributed by atoms with Crippen molar-refractivity contribution in [1.82, 2.24) is 4.90 Å². The number of piperidine rings is 1. The van der Waals surface area contributed by atoms with Crippen LogP contribution in [0.1, 0.15) is 12.8 Å². The fourth-order valence-electron chi connectivity index (χ4n) is 3.10. The molecule has 2 aromatic rings. The van der Waals surface area contributed by atoms with Gasteiger partial charge in [0.05, 0.1) is 0 Å². The van der Waals surface area contributed by atoms with E-state index in [1.54, 1.807) is 0 Å². The minimum Gasteiger partial charge on any atom is -0.491 e. The number of nitrogens with one attached hydrogen (secondary N) is 1. The lowest BCUT2D eigenvalue weighted by atomic mass is 10.0. The largest absolute Gasteiger partial charge is 0.491 e. The fourth-order valence-corrected chi connectivity index (χ4v) is 3.23. The van der Waals surface area contributed by atoms with Gasteiger partial charge in [-0.3, -0.25) is 0 Å². The smallest absolute Gasteiger partial charge is 0.119 e. The zero-order valence-corrected chi connectivity index (χ0v) is 15.0. The number of nitrogens with zero attached hydrogens (tertiary/aromatic N) is 1. The van der Waals surface area contributed by atoms with Crippen LogP contribution in [0.4, 0.5) is 5.69 Å². The number of ether oxygens (including phenoxy) is 1. The van der Waals surface area contributed by atoms with Crippen molar-refractivity contribution in [3.63, 3.8) is 0 Å². The average Bonchev–Trinajstić information content (AvgIpc) is 2.64. The van der Waals surface area contributed by atoms with E-state index in [9.17, 15) is 5.11 Å². The highest BCUT2D eigenvalue weighted by Gasteiger charge is 2.21. The summed E-state index contributed by atoms with van der Waals surface area (Å²) in [6.45, 7) is 2.94. The van der Waals surface area contributed by atoms with E-state index >= 15 is 0 Å². The molecule has 0 unspecified atom stereocenters. The third-order valence-electron chi connectivity index (χ3n) is 4.46. The molecule has 0 amide bonds. The van der Waals surface area contributed by atoms with Crippen LogP contribution in [-0.2, 0) is 0 Å². The number of hydrogen-bond donors (Lipinski definition) is 2.